The van der Waals surface area contributed by atoms with Gasteiger partial charge in [-0.1, -0.05) is 98.6 Å². The Kier molecular flexibility index (Phi) is 27.7. The predicted molar refractivity (Wildman–Crippen MR) is 392 cm³/mol. The number of likely N-dealkylation sites (tertiary alicyclic amines) is 1. The van der Waals surface area contributed by atoms with Crippen molar-refractivity contribution in [3.05, 3.63) is 179 Å². The second kappa shape index (κ2) is 36.5. The van der Waals surface area contributed by atoms with Gasteiger partial charge in [0, 0.05) is 96.0 Å². The molecule has 0 spiro atoms. The molecule has 2 fully saturated rings. The number of nitrogens with two attached hydrogens (primary N) is 1. The Balaban J connectivity index is 0.809. The molecular formula is C74H84ClF3N10O14S3. The van der Waals surface area contributed by atoms with Crippen molar-refractivity contribution in [3.8, 4) is 11.1 Å². The number of thioether (sulfide) groups is 1. The van der Waals surface area contributed by atoms with E-state index in [1.54, 1.807) is 92.7 Å². The zero-order chi connectivity index (χ0) is 75.6. The number of sulfonamides is 1. The molecule has 0 aliphatic carbocycles. The molecule has 0 unspecified atom stereocenters. The Labute approximate surface area is 616 Å². The highest BCUT2D eigenvalue weighted by Gasteiger charge is 2.49. The largest absolute Gasteiger partial charge is 0.501 e. The topological polar surface area (TPSA) is 342 Å². The number of carbonyl (C=O) groups excluding carboxylic acids is 8. The summed E-state index contributed by atoms with van der Waals surface area (Å²) in [7, 11) is -11.3. The Morgan fingerprint density at radius 1 is 0.762 bits per heavy atom. The summed E-state index contributed by atoms with van der Waals surface area (Å²) in [5.41, 5.74) is 2.73. The number of carbonyl (C=O) groups is 8. The van der Waals surface area contributed by atoms with Gasteiger partial charge in [-0.15, -0.1) is 11.8 Å². The second-order valence-electron chi connectivity index (χ2n) is 26.1. The lowest BCUT2D eigenvalue weighted by molar-refractivity contribution is -0.137. The minimum absolute atomic E-state index is 0.0469. The zero-order valence-corrected chi connectivity index (χ0v) is 60.9. The molecule has 6 aromatic carbocycles. The lowest BCUT2D eigenvalue weighted by Gasteiger charge is -2.36. The Morgan fingerprint density at radius 3 is 2.10 bits per heavy atom. The van der Waals surface area contributed by atoms with Crippen LogP contribution < -0.4 is 41.9 Å². The monoisotopic (exact) mass is 1520 g/mol. The number of urea groups is 1. The van der Waals surface area contributed by atoms with E-state index in [2.05, 4.69) is 31.5 Å². The van der Waals surface area contributed by atoms with Crippen molar-refractivity contribution in [2.75, 3.05) is 54.0 Å². The molecular weight excluding hydrogens is 1440 g/mol. The maximum absolute atomic E-state index is 14.7. The van der Waals surface area contributed by atoms with Gasteiger partial charge in [-0.2, -0.15) is 13.2 Å². The van der Waals surface area contributed by atoms with Crippen LogP contribution in [0.1, 0.15) is 112 Å². The average molecular weight is 1530 g/mol. The summed E-state index contributed by atoms with van der Waals surface area (Å²) >= 11 is 7.43. The number of hydrogen-bond donors (Lipinski definition) is 8. The van der Waals surface area contributed by atoms with Crippen molar-refractivity contribution < 1.29 is 78.2 Å². The number of piperidine rings is 1. The molecule has 9 amide bonds. The average Bonchev–Trinajstić information content (AvgIpc) is 1.07. The third kappa shape index (κ3) is 21.8. The Bertz CT molecular complexity index is 4330. The Hall–Kier alpha value is -9.49. The van der Waals surface area contributed by atoms with Crippen LogP contribution in [0.5, 0.6) is 0 Å². The van der Waals surface area contributed by atoms with Crippen LogP contribution in [0.15, 0.2) is 172 Å². The van der Waals surface area contributed by atoms with E-state index >= 15 is 0 Å². The predicted octanol–water partition coefficient (Wildman–Crippen LogP) is 10.6. The van der Waals surface area contributed by atoms with Crippen molar-refractivity contribution in [2.45, 2.75) is 142 Å². The molecule has 560 valence electrons. The summed E-state index contributed by atoms with van der Waals surface area (Å²) in [4.78, 5) is 106. The van der Waals surface area contributed by atoms with E-state index in [1.807, 2.05) is 41.1 Å². The molecule has 2 saturated heterocycles. The third-order valence-electron chi connectivity index (χ3n) is 18.4. The van der Waals surface area contributed by atoms with E-state index < -0.39 is 125 Å². The van der Waals surface area contributed by atoms with Gasteiger partial charge in [0.1, 0.15) is 23.6 Å². The van der Waals surface area contributed by atoms with Crippen molar-refractivity contribution >= 4 is 108 Å². The molecule has 9 N–H and O–H groups in total. The number of aliphatic hydroxyl groups is 1. The number of imide groups is 1. The lowest BCUT2D eigenvalue weighted by atomic mass is 9.84. The lowest BCUT2D eigenvalue weighted by Crippen LogP contribution is -2.54. The third-order valence-corrected chi connectivity index (χ3v) is 22.6. The molecule has 3 aliphatic rings. The summed E-state index contributed by atoms with van der Waals surface area (Å²) in [6.45, 7) is 4.83. The molecule has 0 aromatic heterocycles. The fourth-order valence-corrected chi connectivity index (χ4v) is 15.8. The molecule has 6 aromatic rings. The van der Waals surface area contributed by atoms with Crippen molar-refractivity contribution in [3.63, 3.8) is 0 Å². The summed E-state index contributed by atoms with van der Waals surface area (Å²) in [5.74, 6) is -3.97. The highest BCUT2D eigenvalue weighted by molar-refractivity contribution is 7.99. The minimum Gasteiger partial charge on any atom is -0.445 e. The summed E-state index contributed by atoms with van der Waals surface area (Å²) in [6, 6.07) is 33.9. The number of primary amides is 1. The molecule has 0 saturated carbocycles. The number of aliphatic hydroxyl groups excluding tert-OH is 1. The molecule has 9 rings (SSSR count). The standard InChI is InChI=1S/C74H84ClF3N10O14S3/c1-47(2)67(84-64(89)19-7-4-10-39-88-65(90)34-35-66(88)91)71(95)83-62(18-11-38-80-72(79)96)70(94)82-53-28-20-48(21-29-53)45-102-73(97)87-40-12-13-56(87)43-54(46-103-57-14-5-3-6-15-57)81-61-33-32-58(44-63(61)104(98,99)74(76,77)78)105(100,101)85-69(93)51-24-30-55(31-25-51)86-41-36-50(37-42-86)68(92)60-17-9-8-16-59(60)49-22-26-52(75)27-23-49/h3,5-6,8-9,14-17,20-35,44,47,50,54,56,62,67-68,81,92H,4,7,10-13,18-19,36-43,45-46H2,1-2H3,(H,82,94)(H,83,95)(H,84,89)(H,85,93)(H3,79,80,96)/t54-,56-,62+,67+,68-/m1/s1. The summed E-state index contributed by atoms with van der Waals surface area (Å²) in [6.07, 6.45) is 4.89. The van der Waals surface area contributed by atoms with E-state index in [0.717, 1.165) is 38.6 Å². The second-order valence-corrected chi connectivity index (χ2v) is 31.3. The number of anilines is 3. The highest BCUT2D eigenvalue weighted by Crippen LogP contribution is 2.40. The smallest absolute Gasteiger partial charge is 0.445 e. The SMILES string of the molecule is CC(C)[C@H](NC(=O)CCCCCN1C(=O)C=CC1=O)C(=O)N[C@@H](CCCNC(N)=O)C(=O)Nc1ccc(COC(=O)N2CCC[C@@H]2C[C@H](CSc2ccccc2)Nc2ccc(S(=O)(=O)NC(=O)c3ccc(N4CCC([C@@H](O)c5ccccc5-c5ccc(Cl)cc5)CC4)cc3)cc2S(=O)(=O)C(F)(F)F)cc1. The molecule has 3 heterocycles. The van der Waals surface area contributed by atoms with Crippen LogP contribution in [0.3, 0.4) is 0 Å². The van der Waals surface area contributed by atoms with Crippen LogP contribution >= 0.6 is 23.4 Å². The van der Waals surface area contributed by atoms with Crippen molar-refractivity contribution in [2.24, 2.45) is 17.6 Å². The molecule has 31 heteroatoms. The van der Waals surface area contributed by atoms with Crippen molar-refractivity contribution in [1.29, 1.82) is 0 Å². The van der Waals surface area contributed by atoms with Crippen LogP contribution in [-0.4, -0.2) is 147 Å². The van der Waals surface area contributed by atoms with E-state index in [4.69, 9.17) is 22.1 Å². The minimum atomic E-state index is -6.29. The first-order valence-corrected chi connectivity index (χ1v) is 38.7. The summed E-state index contributed by atoms with van der Waals surface area (Å²) < 4.78 is 107. The summed E-state index contributed by atoms with van der Waals surface area (Å²) in [5, 5.41) is 25.8. The first kappa shape index (κ1) is 79.6. The van der Waals surface area contributed by atoms with Gasteiger partial charge in [0.15, 0.2) is 0 Å². The number of benzene rings is 6. The number of unbranched alkanes of at least 4 members (excludes halogenated alkanes) is 2. The number of nitrogens with zero attached hydrogens (tertiary/aromatic N) is 3. The highest BCUT2D eigenvalue weighted by atomic mass is 35.5. The zero-order valence-electron chi connectivity index (χ0n) is 57.7. The van der Waals surface area contributed by atoms with Gasteiger partial charge in [-0.3, -0.25) is 33.7 Å². The molecule has 105 heavy (non-hydrogen) atoms. The number of halogens is 4. The number of ether oxygens (including phenoxy) is 1. The van der Waals surface area contributed by atoms with Crippen LogP contribution in [0, 0.1) is 11.8 Å². The van der Waals surface area contributed by atoms with Crippen molar-refractivity contribution in [1.82, 2.24) is 30.5 Å². The maximum atomic E-state index is 14.7. The van der Waals surface area contributed by atoms with Gasteiger partial charge in [0.2, 0.25) is 17.7 Å². The molecule has 24 nitrogen and oxygen atoms in total. The quantitative estimate of drug-likeness (QED) is 0.0108. The normalized spacial score (nSPS) is 16.1. The Morgan fingerprint density at radius 2 is 1.44 bits per heavy atom. The van der Waals surface area contributed by atoms with Gasteiger partial charge in [0.25, 0.3) is 37.6 Å². The van der Waals surface area contributed by atoms with E-state index in [1.165, 1.54) is 40.9 Å². The van der Waals surface area contributed by atoms with E-state index in [9.17, 15) is 73.5 Å². The van der Waals surface area contributed by atoms with Crippen LogP contribution in [-0.2, 0) is 55.2 Å². The van der Waals surface area contributed by atoms with E-state index in [-0.39, 0.29) is 69.2 Å². The number of hydrogen-bond acceptors (Lipinski definition) is 17. The van der Waals surface area contributed by atoms with Crippen LogP contribution in [0.2, 0.25) is 5.02 Å². The number of sulfone groups is 1. The molecule has 0 radical (unpaired) electrons. The molecule has 5 atom stereocenters. The number of nitrogens with one attached hydrogen (secondary N) is 6. The van der Waals surface area contributed by atoms with E-state index in [0.29, 0.717) is 86.1 Å². The van der Waals surface area contributed by atoms with Gasteiger partial charge >= 0.3 is 17.6 Å². The maximum Gasteiger partial charge on any atom is 0.501 e. The van der Waals surface area contributed by atoms with Gasteiger partial charge in [-0.05, 0) is 171 Å². The number of rotatable bonds is 33. The fourth-order valence-electron chi connectivity index (χ4n) is 12.7. The number of alkyl halides is 3. The van der Waals surface area contributed by atoms with Gasteiger partial charge in [0.05, 0.1) is 16.7 Å². The van der Waals surface area contributed by atoms with Crippen LogP contribution in [0.25, 0.3) is 11.1 Å². The number of amides is 9. The van der Waals surface area contributed by atoms with Crippen LogP contribution in [0.4, 0.5) is 39.8 Å². The first-order chi connectivity index (χ1) is 50.0. The molecule has 3 aliphatic heterocycles. The first-order valence-electron chi connectivity index (χ1n) is 34.4. The fraction of sp³-hybridized carbons (Fsp3) is 0.378. The molecule has 0 bridgehead atoms. The van der Waals surface area contributed by atoms with Gasteiger partial charge < -0.3 is 52.0 Å². The van der Waals surface area contributed by atoms with Gasteiger partial charge in [-0.25, -0.2) is 31.1 Å².